The minimum atomic E-state index is -0.238. The lowest BCUT2D eigenvalue weighted by Crippen LogP contribution is -2.24. The van der Waals surface area contributed by atoms with E-state index in [9.17, 15) is 4.39 Å². The Morgan fingerprint density at radius 1 is 1.29 bits per heavy atom. The summed E-state index contributed by atoms with van der Waals surface area (Å²) in [6.45, 7) is 1.91. The molecule has 0 unspecified atom stereocenters. The predicted octanol–water partition coefficient (Wildman–Crippen LogP) is 4.83. The van der Waals surface area contributed by atoms with E-state index in [4.69, 9.17) is 0 Å². The van der Waals surface area contributed by atoms with E-state index in [1.54, 1.807) is 18.3 Å². The zero-order valence-corrected chi connectivity index (χ0v) is 13.7. The number of imidazole rings is 1. The molecule has 3 nitrogen and oxygen atoms in total. The number of anilines is 1. The van der Waals surface area contributed by atoms with E-state index in [0.717, 1.165) is 17.2 Å². The first-order chi connectivity index (χ1) is 10.1. The van der Waals surface area contributed by atoms with Gasteiger partial charge in [0, 0.05) is 18.4 Å². The molecule has 1 fully saturated rings. The normalized spacial score (nSPS) is 16.1. The molecule has 1 heterocycles. The summed E-state index contributed by atoms with van der Waals surface area (Å²) in [5, 5.41) is 3.53. The lowest BCUT2D eigenvalue weighted by Gasteiger charge is -2.24. The van der Waals surface area contributed by atoms with Crippen molar-refractivity contribution >= 4 is 21.9 Å². The average Bonchev–Trinajstić information content (AvgIpc) is 2.92. The van der Waals surface area contributed by atoms with Gasteiger partial charge < -0.3 is 5.32 Å². The zero-order chi connectivity index (χ0) is 14.8. The summed E-state index contributed by atoms with van der Waals surface area (Å²) in [6, 6.07) is 3.84. The van der Waals surface area contributed by atoms with Crippen molar-refractivity contribution in [2.45, 2.75) is 45.1 Å². The Labute approximate surface area is 132 Å². The molecule has 5 heteroatoms. The highest BCUT2D eigenvalue weighted by atomic mass is 79.9. The quantitative estimate of drug-likeness (QED) is 0.858. The molecule has 21 heavy (non-hydrogen) atoms. The fourth-order valence-corrected chi connectivity index (χ4v) is 3.26. The maximum atomic E-state index is 13.6. The molecule has 0 aliphatic heterocycles. The Balaban J connectivity index is 1.89. The molecule has 1 aromatic heterocycles. The Hall–Kier alpha value is -1.36. The number of nitrogens with one attached hydrogen (secondary N) is 1. The van der Waals surface area contributed by atoms with Crippen LogP contribution >= 0.6 is 15.9 Å². The monoisotopic (exact) mass is 351 g/mol. The molecule has 1 saturated carbocycles. The molecule has 1 aliphatic rings. The highest BCUT2D eigenvalue weighted by molar-refractivity contribution is 9.10. The average molecular weight is 352 g/mol. The van der Waals surface area contributed by atoms with Crippen molar-refractivity contribution in [2.75, 3.05) is 5.32 Å². The Bertz CT molecular complexity index is 632. The van der Waals surface area contributed by atoms with Crippen molar-refractivity contribution in [1.29, 1.82) is 0 Å². The summed E-state index contributed by atoms with van der Waals surface area (Å²) >= 11 is 3.26. The number of aryl methyl sites for hydroxylation is 1. The molecule has 1 aliphatic carbocycles. The van der Waals surface area contributed by atoms with E-state index in [2.05, 4.69) is 26.2 Å². The second kappa shape index (κ2) is 6.18. The minimum Gasteiger partial charge on any atom is -0.353 e. The molecule has 3 rings (SSSR count). The number of aromatic nitrogens is 2. The fourth-order valence-electron chi connectivity index (χ4n) is 2.93. The van der Waals surface area contributed by atoms with Gasteiger partial charge in [0.2, 0.25) is 5.95 Å². The second-order valence-corrected chi connectivity index (χ2v) is 6.51. The van der Waals surface area contributed by atoms with Gasteiger partial charge in [0.1, 0.15) is 5.82 Å². The van der Waals surface area contributed by atoms with Crippen LogP contribution in [0.3, 0.4) is 0 Å². The lowest BCUT2D eigenvalue weighted by atomic mass is 9.96. The van der Waals surface area contributed by atoms with Gasteiger partial charge in [-0.2, -0.15) is 0 Å². The summed E-state index contributed by atoms with van der Waals surface area (Å²) in [6.07, 6.45) is 9.97. The summed E-state index contributed by atoms with van der Waals surface area (Å²) in [5.41, 5.74) is 1.83. The molecule has 0 bridgehead atoms. The van der Waals surface area contributed by atoms with Gasteiger partial charge in [-0.3, -0.25) is 4.57 Å². The van der Waals surface area contributed by atoms with E-state index in [-0.39, 0.29) is 5.82 Å². The highest BCUT2D eigenvalue weighted by Gasteiger charge is 2.16. The number of hydrogen-bond acceptors (Lipinski definition) is 2. The highest BCUT2D eigenvalue weighted by Crippen LogP contribution is 2.27. The molecular weight excluding hydrogens is 333 g/mol. The van der Waals surface area contributed by atoms with Gasteiger partial charge in [-0.15, -0.1) is 0 Å². The Kier molecular flexibility index (Phi) is 4.29. The van der Waals surface area contributed by atoms with Crippen LogP contribution in [0, 0.1) is 12.7 Å². The van der Waals surface area contributed by atoms with Crippen LogP contribution in [-0.4, -0.2) is 15.6 Å². The smallest absolute Gasteiger partial charge is 0.207 e. The predicted molar refractivity (Wildman–Crippen MR) is 86.5 cm³/mol. The van der Waals surface area contributed by atoms with E-state index in [0.29, 0.717) is 10.5 Å². The molecule has 0 amide bonds. The van der Waals surface area contributed by atoms with Crippen molar-refractivity contribution in [3.8, 4) is 5.69 Å². The van der Waals surface area contributed by atoms with Crippen LogP contribution in [0.5, 0.6) is 0 Å². The van der Waals surface area contributed by atoms with Crippen molar-refractivity contribution < 1.29 is 4.39 Å². The van der Waals surface area contributed by atoms with Crippen LogP contribution in [0.1, 0.15) is 37.7 Å². The first-order valence-electron chi connectivity index (χ1n) is 7.41. The second-order valence-electron chi connectivity index (χ2n) is 5.65. The van der Waals surface area contributed by atoms with E-state index < -0.39 is 0 Å². The molecular formula is C16H19BrFN3. The topological polar surface area (TPSA) is 29.9 Å². The van der Waals surface area contributed by atoms with Crippen molar-refractivity contribution in [1.82, 2.24) is 9.55 Å². The van der Waals surface area contributed by atoms with Gasteiger partial charge in [0.25, 0.3) is 0 Å². The lowest BCUT2D eigenvalue weighted by molar-refractivity contribution is 0.460. The van der Waals surface area contributed by atoms with Crippen molar-refractivity contribution in [2.24, 2.45) is 0 Å². The minimum absolute atomic E-state index is 0.238. The van der Waals surface area contributed by atoms with E-state index in [1.165, 1.54) is 32.1 Å². The number of nitrogens with zero attached hydrogens (tertiary/aromatic N) is 2. The number of benzene rings is 1. The summed E-state index contributed by atoms with van der Waals surface area (Å²) < 4.78 is 16.1. The molecule has 0 radical (unpaired) electrons. The van der Waals surface area contributed by atoms with Crippen LogP contribution in [0.4, 0.5) is 10.3 Å². The van der Waals surface area contributed by atoms with Gasteiger partial charge in [0.05, 0.1) is 10.2 Å². The van der Waals surface area contributed by atoms with Crippen molar-refractivity contribution in [3.05, 3.63) is 40.4 Å². The standard InChI is InChI=1S/C16H19BrFN3/c1-11-9-14(18)13(17)10-15(11)21-8-7-19-16(21)20-12-5-3-2-4-6-12/h7-10,12H,2-6H2,1H3,(H,19,20). The molecule has 0 spiro atoms. The summed E-state index contributed by atoms with van der Waals surface area (Å²) in [7, 11) is 0. The third-order valence-electron chi connectivity index (χ3n) is 4.08. The van der Waals surface area contributed by atoms with Gasteiger partial charge in [-0.1, -0.05) is 19.3 Å². The van der Waals surface area contributed by atoms with Crippen LogP contribution in [0.25, 0.3) is 5.69 Å². The molecule has 1 aromatic carbocycles. The van der Waals surface area contributed by atoms with Gasteiger partial charge in [-0.05, 0) is 53.4 Å². The number of halogens is 2. The SMILES string of the molecule is Cc1cc(F)c(Br)cc1-n1ccnc1NC1CCCCC1. The maximum absolute atomic E-state index is 13.6. The molecule has 0 saturated heterocycles. The van der Waals surface area contributed by atoms with Crippen LogP contribution in [-0.2, 0) is 0 Å². The van der Waals surface area contributed by atoms with Crippen LogP contribution in [0.15, 0.2) is 29.0 Å². The van der Waals surface area contributed by atoms with Crippen LogP contribution in [0.2, 0.25) is 0 Å². The summed E-state index contributed by atoms with van der Waals surface area (Å²) in [5.74, 6) is 0.599. The van der Waals surface area contributed by atoms with Gasteiger partial charge >= 0.3 is 0 Å². The first-order valence-corrected chi connectivity index (χ1v) is 8.20. The Morgan fingerprint density at radius 3 is 2.81 bits per heavy atom. The molecule has 2 aromatic rings. The molecule has 1 N–H and O–H groups in total. The van der Waals surface area contributed by atoms with E-state index >= 15 is 0 Å². The van der Waals surface area contributed by atoms with Gasteiger partial charge in [-0.25, -0.2) is 9.37 Å². The number of rotatable bonds is 3. The van der Waals surface area contributed by atoms with Gasteiger partial charge in [0.15, 0.2) is 0 Å². The first kappa shape index (κ1) is 14.6. The fraction of sp³-hybridized carbons (Fsp3) is 0.438. The van der Waals surface area contributed by atoms with Crippen molar-refractivity contribution in [3.63, 3.8) is 0 Å². The largest absolute Gasteiger partial charge is 0.353 e. The third kappa shape index (κ3) is 3.12. The molecule has 112 valence electrons. The van der Waals surface area contributed by atoms with Crippen LogP contribution < -0.4 is 5.32 Å². The third-order valence-corrected chi connectivity index (χ3v) is 4.69. The van der Waals surface area contributed by atoms with E-state index in [1.807, 2.05) is 17.7 Å². The Morgan fingerprint density at radius 2 is 2.05 bits per heavy atom. The zero-order valence-electron chi connectivity index (χ0n) is 12.1. The molecule has 0 atom stereocenters. The maximum Gasteiger partial charge on any atom is 0.207 e. The number of hydrogen-bond donors (Lipinski definition) is 1. The summed E-state index contributed by atoms with van der Waals surface area (Å²) in [4.78, 5) is 4.42.